The summed E-state index contributed by atoms with van der Waals surface area (Å²) >= 11 is 0. The quantitative estimate of drug-likeness (QED) is 0.636. The molecule has 7 heteroatoms. The van der Waals surface area contributed by atoms with E-state index in [1.807, 2.05) is 38.1 Å². The third kappa shape index (κ3) is 4.24. The average Bonchev–Trinajstić information content (AvgIpc) is 3.13. The highest BCUT2D eigenvalue weighted by Crippen LogP contribution is 2.14. The number of hydrogen-bond donors (Lipinski definition) is 3. The van der Waals surface area contributed by atoms with Gasteiger partial charge in [-0.2, -0.15) is 5.10 Å². The third-order valence-electron chi connectivity index (χ3n) is 3.95. The first-order valence-electron chi connectivity index (χ1n) is 8.49. The summed E-state index contributed by atoms with van der Waals surface area (Å²) in [6.45, 7) is 3.99. The number of carbonyl (C=O) groups is 2. The van der Waals surface area contributed by atoms with Crippen LogP contribution >= 0.6 is 0 Å². The number of nitrogens with one attached hydrogen (secondary N) is 3. The Morgan fingerprint density at radius 1 is 1.15 bits per heavy atom. The van der Waals surface area contributed by atoms with Gasteiger partial charge in [-0.3, -0.25) is 19.7 Å². The molecule has 134 valence electrons. The number of hydrogen-bond acceptors (Lipinski definition) is 4. The minimum absolute atomic E-state index is 0.234. The van der Waals surface area contributed by atoms with E-state index in [0.29, 0.717) is 12.2 Å². The van der Waals surface area contributed by atoms with Gasteiger partial charge in [0.25, 0.3) is 5.91 Å². The normalized spacial score (nSPS) is 12.1. The minimum atomic E-state index is -0.668. The van der Waals surface area contributed by atoms with Gasteiger partial charge in [-0.1, -0.05) is 38.1 Å². The van der Waals surface area contributed by atoms with Crippen molar-refractivity contribution in [2.45, 2.75) is 26.3 Å². The molecule has 3 aromatic rings. The fourth-order valence-corrected chi connectivity index (χ4v) is 2.69. The number of nitrogens with zero attached hydrogens (tertiary/aromatic N) is 2. The molecular formula is C19H21N5O2. The standard InChI is InChI=1S/C19H21N5O2/c1-12(2)9-16(19(26)23-17-7-8-21-24-17)22-18(25)15-10-13-5-3-4-6-14(13)11-20-15/h3-8,10-12,16H,9H2,1-2H3,(H,22,25)(H2,21,23,24,26). The molecule has 0 radical (unpaired) electrons. The summed E-state index contributed by atoms with van der Waals surface area (Å²) in [5, 5.41) is 13.9. The predicted molar refractivity (Wildman–Crippen MR) is 99.7 cm³/mol. The third-order valence-corrected chi connectivity index (χ3v) is 3.95. The number of pyridine rings is 1. The summed E-state index contributed by atoms with van der Waals surface area (Å²) < 4.78 is 0. The Morgan fingerprint density at radius 3 is 2.62 bits per heavy atom. The molecular weight excluding hydrogens is 330 g/mol. The van der Waals surface area contributed by atoms with Crippen molar-refractivity contribution in [1.29, 1.82) is 0 Å². The highest BCUT2D eigenvalue weighted by atomic mass is 16.2. The van der Waals surface area contributed by atoms with E-state index in [9.17, 15) is 9.59 Å². The Morgan fingerprint density at radius 2 is 1.92 bits per heavy atom. The smallest absolute Gasteiger partial charge is 0.270 e. The lowest BCUT2D eigenvalue weighted by atomic mass is 10.0. The van der Waals surface area contributed by atoms with Crippen LogP contribution < -0.4 is 10.6 Å². The van der Waals surface area contributed by atoms with Crippen LogP contribution in [0.15, 0.2) is 48.8 Å². The van der Waals surface area contributed by atoms with E-state index >= 15 is 0 Å². The number of H-pyrrole nitrogens is 1. The molecule has 0 saturated carbocycles. The van der Waals surface area contributed by atoms with Gasteiger partial charge < -0.3 is 10.6 Å². The van der Waals surface area contributed by atoms with E-state index in [2.05, 4.69) is 25.8 Å². The van der Waals surface area contributed by atoms with Crippen LogP contribution in [0.5, 0.6) is 0 Å². The molecule has 2 heterocycles. The molecule has 2 amide bonds. The summed E-state index contributed by atoms with van der Waals surface area (Å²) in [6, 6.07) is 10.4. The molecule has 0 spiro atoms. The lowest BCUT2D eigenvalue weighted by molar-refractivity contribution is -0.118. The van der Waals surface area contributed by atoms with Crippen molar-refractivity contribution in [2.75, 3.05) is 5.32 Å². The average molecular weight is 351 g/mol. The van der Waals surface area contributed by atoms with Gasteiger partial charge in [0.05, 0.1) is 6.20 Å². The van der Waals surface area contributed by atoms with Crippen molar-refractivity contribution in [1.82, 2.24) is 20.5 Å². The Labute approximate surface area is 151 Å². The Hall–Kier alpha value is -3.22. The summed E-state index contributed by atoms with van der Waals surface area (Å²) in [7, 11) is 0. The van der Waals surface area contributed by atoms with Gasteiger partial charge in [0, 0.05) is 17.6 Å². The van der Waals surface area contributed by atoms with Crippen molar-refractivity contribution in [3.05, 3.63) is 54.5 Å². The Kier molecular flexibility index (Phi) is 5.26. The molecule has 1 atom stereocenters. The molecule has 0 fully saturated rings. The van der Waals surface area contributed by atoms with Crippen LogP contribution in [0.1, 0.15) is 30.8 Å². The predicted octanol–water partition coefficient (Wildman–Crippen LogP) is 2.74. The molecule has 0 saturated heterocycles. The number of aromatic amines is 1. The van der Waals surface area contributed by atoms with Gasteiger partial charge in [0.2, 0.25) is 5.91 Å². The van der Waals surface area contributed by atoms with Gasteiger partial charge in [0.15, 0.2) is 0 Å². The maximum absolute atomic E-state index is 12.6. The van der Waals surface area contributed by atoms with Gasteiger partial charge in [-0.05, 0) is 23.8 Å². The van der Waals surface area contributed by atoms with E-state index in [0.717, 1.165) is 10.8 Å². The van der Waals surface area contributed by atoms with E-state index < -0.39 is 6.04 Å². The molecule has 0 aliphatic carbocycles. The maximum Gasteiger partial charge on any atom is 0.270 e. The van der Waals surface area contributed by atoms with Crippen molar-refractivity contribution < 1.29 is 9.59 Å². The lowest BCUT2D eigenvalue weighted by Gasteiger charge is -2.19. The van der Waals surface area contributed by atoms with Crippen LogP contribution in [0.3, 0.4) is 0 Å². The molecule has 0 aliphatic heterocycles. The topological polar surface area (TPSA) is 99.8 Å². The van der Waals surface area contributed by atoms with Crippen LogP contribution in [-0.4, -0.2) is 33.0 Å². The summed E-state index contributed by atoms with van der Waals surface area (Å²) in [6.07, 6.45) is 3.72. The highest BCUT2D eigenvalue weighted by Gasteiger charge is 2.23. The van der Waals surface area contributed by atoms with Crippen LogP contribution in [0.25, 0.3) is 10.8 Å². The number of anilines is 1. The highest BCUT2D eigenvalue weighted by molar-refractivity contribution is 6.01. The second kappa shape index (κ2) is 7.77. The monoisotopic (exact) mass is 351 g/mol. The molecule has 1 unspecified atom stereocenters. The Balaban J connectivity index is 1.75. The molecule has 3 rings (SSSR count). The van der Waals surface area contributed by atoms with Crippen LogP contribution in [0, 0.1) is 5.92 Å². The summed E-state index contributed by atoms with van der Waals surface area (Å²) in [5.74, 6) is 0.0532. The van der Waals surface area contributed by atoms with Crippen molar-refractivity contribution >= 4 is 28.4 Å². The van der Waals surface area contributed by atoms with Crippen LogP contribution in [0.4, 0.5) is 5.82 Å². The van der Waals surface area contributed by atoms with Crippen LogP contribution in [-0.2, 0) is 4.79 Å². The first-order chi connectivity index (χ1) is 12.5. The first kappa shape index (κ1) is 17.6. The van der Waals surface area contributed by atoms with Crippen LogP contribution in [0.2, 0.25) is 0 Å². The molecule has 0 bridgehead atoms. The number of rotatable bonds is 6. The lowest BCUT2D eigenvalue weighted by Crippen LogP contribution is -2.44. The maximum atomic E-state index is 12.6. The molecule has 3 N–H and O–H groups in total. The largest absolute Gasteiger partial charge is 0.339 e. The molecule has 26 heavy (non-hydrogen) atoms. The number of aromatic nitrogens is 3. The van der Waals surface area contributed by atoms with Gasteiger partial charge in [-0.15, -0.1) is 0 Å². The van der Waals surface area contributed by atoms with Crippen molar-refractivity contribution in [2.24, 2.45) is 5.92 Å². The zero-order chi connectivity index (χ0) is 18.5. The second-order valence-corrected chi connectivity index (χ2v) is 6.53. The number of carbonyl (C=O) groups excluding carboxylic acids is 2. The number of amides is 2. The zero-order valence-corrected chi connectivity index (χ0v) is 14.7. The van der Waals surface area contributed by atoms with Gasteiger partial charge in [0.1, 0.15) is 17.6 Å². The zero-order valence-electron chi connectivity index (χ0n) is 14.7. The van der Waals surface area contributed by atoms with E-state index in [1.54, 1.807) is 24.5 Å². The minimum Gasteiger partial charge on any atom is -0.339 e. The van der Waals surface area contributed by atoms with E-state index in [1.165, 1.54) is 0 Å². The molecule has 7 nitrogen and oxygen atoms in total. The molecule has 0 aliphatic rings. The number of benzene rings is 1. The summed E-state index contributed by atoms with van der Waals surface area (Å²) in [4.78, 5) is 29.4. The fourth-order valence-electron chi connectivity index (χ4n) is 2.69. The van der Waals surface area contributed by atoms with Crippen molar-refractivity contribution in [3.63, 3.8) is 0 Å². The molecule has 2 aromatic heterocycles. The molecule has 1 aromatic carbocycles. The van der Waals surface area contributed by atoms with E-state index in [-0.39, 0.29) is 23.4 Å². The summed E-state index contributed by atoms with van der Waals surface area (Å²) in [5.41, 5.74) is 0.284. The number of fused-ring (bicyclic) bond motifs is 1. The first-order valence-corrected chi connectivity index (χ1v) is 8.49. The van der Waals surface area contributed by atoms with Gasteiger partial charge in [-0.25, -0.2) is 0 Å². The Bertz CT molecular complexity index is 905. The fraction of sp³-hybridized carbons (Fsp3) is 0.263. The van der Waals surface area contributed by atoms with Crippen molar-refractivity contribution in [3.8, 4) is 0 Å². The van der Waals surface area contributed by atoms with Gasteiger partial charge >= 0.3 is 0 Å². The second-order valence-electron chi connectivity index (χ2n) is 6.53. The van der Waals surface area contributed by atoms with E-state index in [4.69, 9.17) is 0 Å². The SMILES string of the molecule is CC(C)CC(NC(=O)c1cc2ccccc2cn1)C(=O)Nc1ccn[nH]1.